The van der Waals surface area contributed by atoms with Crippen LogP contribution in [0.1, 0.15) is 34.2 Å². The van der Waals surface area contributed by atoms with Crippen LogP contribution in [0, 0.1) is 6.92 Å². The first kappa shape index (κ1) is 19.3. The predicted octanol–water partition coefficient (Wildman–Crippen LogP) is 2.41. The van der Waals surface area contributed by atoms with Gasteiger partial charge in [0.15, 0.2) is 0 Å². The Hall–Kier alpha value is -3.49. The number of hydrogen-bond acceptors (Lipinski definition) is 8. The SMILES string of the molecule is COC(=O)c1cc(CN(C)C(=O)CCc2nc(-c3ccccn3)no2)oc1C. The molecule has 0 fully saturated rings. The number of esters is 1. The second-order valence-corrected chi connectivity index (χ2v) is 6.15. The average molecular weight is 384 g/mol. The molecule has 3 rings (SSSR count). The molecule has 0 radical (unpaired) electrons. The molecule has 0 aliphatic heterocycles. The van der Waals surface area contributed by atoms with Crippen LogP contribution in [0.15, 0.2) is 39.4 Å². The average Bonchev–Trinajstić information content (AvgIpc) is 3.32. The Morgan fingerprint density at radius 1 is 1.29 bits per heavy atom. The van der Waals surface area contributed by atoms with Crippen molar-refractivity contribution < 1.29 is 23.3 Å². The van der Waals surface area contributed by atoms with Gasteiger partial charge in [-0.15, -0.1) is 0 Å². The second kappa shape index (κ2) is 8.47. The van der Waals surface area contributed by atoms with Crippen LogP contribution in [0.2, 0.25) is 0 Å². The highest BCUT2D eigenvalue weighted by atomic mass is 16.5. The van der Waals surface area contributed by atoms with Gasteiger partial charge in [-0.05, 0) is 25.1 Å². The molecular weight excluding hydrogens is 364 g/mol. The van der Waals surface area contributed by atoms with Crippen molar-refractivity contribution in [1.82, 2.24) is 20.0 Å². The van der Waals surface area contributed by atoms with Gasteiger partial charge >= 0.3 is 5.97 Å². The number of furan rings is 1. The molecule has 3 aromatic rings. The van der Waals surface area contributed by atoms with E-state index in [-0.39, 0.29) is 18.9 Å². The lowest BCUT2D eigenvalue weighted by Crippen LogP contribution is -2.26. The fraction of sp³-hybridized carbons (Fsp3) is 0.316. The van der Waals surface area contributed by atoms with E-state index in [2.05, 4.69) is 15.1 Å². The Balaban J connectivity index is 1.55. The summed E-state index contributed by atoms with van der Waals surface area (Å²) in [6.45, 7) is 1.91. The van der Waals surface area contributed by atoms with Gasteiger partial charge in [-0.2, -0.15) is 4.98 Å². The van der Waals surface area contributed by atoms with Crippen LogP contribution < -0.4 is 0 Å². The maximum atomic E-state index is 12.4. The standard InChI is InChI=1S/C19H20N4O5/c1-12-14(19(25)26-3)10-13(27-12)11-23(2)17(24)8-7-16-21-18(22-28-16)15-6-4-5-9-20-15/h4-6,9-10H,7-8,11H2,1-3H3. The molecule has 0 aromatic carbocycles. The third-order valence-corrected chi connectivity index (χ3v) is 4.11. The number of hydrogen-bond donors (Lipinski definition) is 0. The number of aromatic nitrogens is 3. The molecule has 146 valence electrons. The number of carbonyl (C=O) groups is 2. The Bertz CT molecular complexity index is 964. The van der Waals surface area contributed by atoms with Crippen molar-refractivity contribution in [2.75, 3.05) is 14.2 Å². The van der Waals surface area contributed by atoms with E-state index in [1.54, 1.807) is 38.4 Å². The fourth-order valence-corrected chi connectivity index (χ4v) is 2.62. The molecule has 0 saturated carbocycles. The highest BCUT2D eigenvalue weighted by Gasteiger charge is 2.18. The van der Waals surface area contributed by atoms with E-state index in [0.29, 0.717) is 40.9 Å². The lowest BCUT2D eigenvalue weighted by Gasteiger charge is -2.14. The zero-order valence-electron chi connectivity index (χ0n) is 15.8. The lowest BCUT2D eigenvalue weighted by atomic mass is 10.2. The first-order valence-corrected chi connectivity index (χ1v) is 8.63. The number of amides is 1. The van der Waals surface area contributed by atoms with E-state index in [0.717, 1.165) is 0 Å². The number of aryl methyl sites for hydroxylation is 2. The quantitative estimate of drug-likeness (QED) is 0.571. The summed E-state index contributed by atoms with van der Waals surface area (Å²) in [6.07, 6.45) is 2.16. The van der Waals surface area contributed by atoms with Gasteiger partial charge in [0.25, 0.3) is 0 Å². The largest absolute Gasteiger partial charge is 0.465 e. The van der Waals surface area contributed by atoms with Crippen LogP contribution in [0.4, 0.5) is 0 Å². The summed E-state index contributed by atoms with van der Waals surface area (Å²) in [5.74, 6) is 1.12. The molecule has 3 heterocycles. The van der Waals surface area contributed by atoms with Gasteiger partial charge in [-0.1, -0.05) is 11.2 Å². The molecule has 9 nitrogen and oxygen atoms in total. The maximum Gasteiger partial charge on any atom is 0.341 e. The van der Waals surface area contributed by atoms with Crippen molar-refractivity contribution in [1.29, 1.82) is 0 Å². The van der Waals surface area contributed by atoms with Gasteiger partial charge in [-0.3, -0.25) is 9.78 Å². The Kier molecular flexibility index (Phi) is 5.83. The number of carbonyl (C=O) groups excluding carboxylic acids is 2. The fourth-order valence-electron chi connectivity index (χ4n) is 2.62. The normalized spacial score (nSPS) is 10.7. The monoisotopic (exact) mass is 384 g/mol. The molecule has 0 bridgehead atoms. The third-order valence-electron chi connectivity index (χ3n) is 4.11. The van der Waals surface area contributed by atoms with Crippen LogP contribution in [0.25, 0.3) is 11.5 Å². The number of pyridine rings is 1. The molecule has 9 heteroatoms. The van der Waals surface area contributed by atoms with Gasteiger partial charge in [0.2, 0.25) is 17.6 Å². The molecule has 0 unspecified atom stereocenters. The number of rotatable bonds is 7. The van der Waals surface area contributed by atoms with Crippen molar-refractivity contribution in [3.63, 3.8) is 0 Å². The van der Waals surface area contributed by atoms with Crippen molar-refractivity contribution in [3.8, 4) is 11.5 Å². The number of methoxy groups -OCH3 is 1. The summed E-state index contributed by atoms with van der Waals surface area (Å²) in [6, 6.07) is 7.00. The molecule has 0 saturated heterocycles. The molecule has 0 atom stereocenters. The smallest absolute Gasteiger partial charge is 0.341 e. The van der Waals surface area contributed by atoms with E-state index in [9.17, 15) is 9.59 Å². The van der Waals surface area contributed by atoms with Crippen molar-refractivity contribution in [2.24, 2.45) is 0 Å². The molecule has 0 spiro atoms. The van der Waals surface area contributed by atoms with Crippen LogP contribution in [-0.4, -0.2) is 46.1 Å². The summed E-state index contributed by atoms with van der Waals surface area (Å²) >= 11 is 0. The van der Waals surface area contributed by atoms with Gasteiger partial charge in [0.1, 0.15) is 22.8 Å². The Morgan fingerprint density at radius 2 is 2.11 bits per heavy atom. The molecule has 28 heavy (non-hydrogen) atoms. The number of nitrogens with zero attached hydrogens (tertiary/aromatic N) is 4. The maximum absolute atomic E-state index is 12.4. The van der Waals surface area contributed by atoms with Gasteiger partial charge in [0.05, 0.1) is 13.7 Å². The molecule has 0 aliphatic carbocycles. The summed E-state index contributed by atoms with van der Waals surface area (Å²) in [5, 5.41) is 3.88. The van der Waals surface area contributed by atoms with Crippen LogP contribution >= 0.6 is 0 Å². The first-order chi connectivity index (χ1) is 13.5. The first-order valence-electron chi connectivity index (χ1n) is 8.63. The van der Waals surface area contributed by atoms with Gasteiger partial charge in [0, 0.05) is 26.1 Å². The highest BCUT2D eigenvalue weighted by Crippen LogP contribution is 2.18. The minimum atomic E-state index is -0.471. The summed E-state index contributed by atoms with van der Waals surface area (Å²) in [5.41, 5.74) is 0.960. The van der Waals surface area contributed by atoms with Crippen LogP contribution in [-0.2, 0) is 22.5 Å². The van der Waals surface area contributed by atoms with Crippen molar-refractivity contribution in [3.05, 3.63) is 53.4 Å². The number of ether oxygens (including phenoxy) is 1. The predicted molar refractivity (Wildman–Crippen MR) is 97.1 cm³/mol. The molecular formula is C19H20N4O5. The zero-order chi connectivity index (χ0) is 20.1. The summed E-state index contributed by atoms with van der Waals surface area (Å²) in [7, 11) is 2.96. The highest BCUT2D eigenvalue weighted by molar-refractivity contribution is 5.90. The van der Waals surface area contributed by atoms with Gasteiger partial charge < -0.3 is 18.6 Å². The van der Waals surface area contributed by atoms with E-state index in [4.69, 9.17) is 13.7 Å². The lowest BCUT2D eigenvalue weighted by molar-refractivity contribution is -0.130. The van der Waals surface area contributed by atoms with Crippen molar-refractivity contribution in [2.45, 2.75) is 26.3 Å². The minimum absolute atomic E-state index is 0.119. The molecule has 0 aliphatic rings. The Labute approximate surface area is 161 Å². The molecule has 3 aromatic heterocycles. The van der Waals surface area contributed by atoms with Crippen molar-refractivity contribution >= 4 is 11.9 Å². The summed E-state index contributed by atoms with van der Waals surface area (Å²) < 4.78 is 15.4. The van der Waals surface area contributed by atoms with E-state index < -0.39 is 5.97 Å². The Morgan fingerprint density at radius 3 is 2.82 bits per heavy atom. The zero-order valence-corrected chi connectivity index (χ0v) is 15.8. The molecule has 0 N–H and O–H groups in total. The van der Waals surface area contributed by atoms with E-state index in [1.807, 2.05) is 6.07 Å². The molecule has 1 amide bonds. The second-order valence-electron chi connectivity index (χ2n) is 6.15. The minimum Gasteiger partial charge on any atom is -0.465 e. The van der Waals surface area contributed by atoms with E-state index in [1.165, 1.54) is 12.0 Å². The van der Waals surface area contributed by atoms with Crippen LogP contribution in [0.3, 0.4) is 0 Å². The van der Waals surface area contributed by atoms with Gasteiger partial charge in [-0.25, -0.2) is 4.79 Å². The summed E-state index contributed by atoms with van der Waals surface area (Å²) in [4.78, 5) is 33.9. The van der Waals surface area contributed by atoms with Crippen LogP contribution in [0.5, 0.6) is 0 Å². The van der Waals surface area contributed by atoms with E-state index >= 15 is 0 Å². The third kappa shape index (κ3) is 4.43. The topological polar surface area (TPSA) is 112 Å².